The van der Waals surface area contributed by atoms with Crippen LogP contribution in [0.2, 0.25) is 0 Å². The molecule has 0 saturated heterocycles. The quantitative estimate of drug-likeness (QED) is 0.446. The third kappa shape index (κ3) is 5.89. The van der Waals surface area contributed by atoms with Crippen LogP contribution in [0.3, 0.4) is 0 Å². The Hall–Kier alpha value is -0.240. The molecule has 0 spiro atoms. The molecule has 0 aliphatic carbocycles. The zero-order chi connectivity index (χ0) is 7.82. The van der Waals surface area contributed by atoms with E-state index in [0.29, 0.717) is 6.54 Å². The Morgan fingerprint density at radius 1 is 1.50 bits per heavy atom. The minimum atomic E-state index is -0.197. The van der Waals surface area contributed by atoms with Gasteiger partial charge in [-0.25, -0.2) is 0 Å². The summed E-state index contributed by atoms with van der Waals surface area (Å²) in [5.41, 5.74) is 0. The molecule has 0 N–H and O–H groups in total. The van der Waals surface area contributed by atoms with E-state index in [1.165, 1.54) is 0 Å². The van der Waals surface area contributed by atoms with Gasteiger partial charge >= 0.3 is 0 Å². The predicted molar refractivity (Wildman–Crippen MR) is 42.3 cm³/mol. The minimum absolute atomic E-state index is 0.0200. The number of halogens is 1. The molecule has 0 aromatic carbocycles. The normalized spacial score (nSPS) is 9.40. The van der Waals surface area contributed by atoms with E-state index in [2.05, 4.69) is 12.2 Å². The first kappa shape index (κ1) is 9.76. The van der Waals surface area contributed by atoms with Crippen molar-refractivity contribution < 1.29 is 4.79 Å². The van der Waals surface area contributed by atoms with Crippen molar-refractivity contribution in [3.63, 3.8) is 0 Å². The van der Waals surface area contributed by atoms with Gasteiger partial charge in [-0.05, 0) is 6.42 Å². The second-order valence-corrected chi connectivity index (χ2v) is 2.38. The van der Waals surface area contributed by atoms with Crippen LogP contribution in [-0.4, -0.2) is 18.3 Å². The van der Waals surface area contributed by atoms with Gasteiger partial charge in [-0.3, -0.25) is 10.1 Å². The van der Waals surface area contributed by atoms with Crippen LogP contribution >= 0.6 is 11.6 Å². The van der Waals surface area contributed by atoms with Crippen LogP contribution in [0.15, 0.2) is 0 Å². The molecule has 3 heteroatoms. The molecular weight excluding hydrogens is 150 g/mol. The summed E-state index contributed by atoms with van der Waals surface area (Å²) < 4.78 is 0. The average molecular weight is 163 g/mol. The van der Waals surface area contributed by atoms with Gasteiger partial charge in [0.15, 0.2) is 0 Å². The Bertz CT molecular complexity index is 95.6. The molecule has 59 valence electrons. The van der Waals surface area contributed by atoms with E-state index in [1.54, 1.807) is 0 Å². The Morgan fingerprint density at radius 3 is 2.70 bits per heavy atom. The van der Waals surface area contributed by atoms with Crippen molar-refractivity contribution in [1.82, 2.24) is 5.32 Å². The molecule has 2 nitrogen and oxygen atoms in total. The number of nitrogens with zero attached hydrogens (tertiary/aromatic N) is 1. The SMILES string of the molecule is CCCCC[N]C(=O)CCl. The van der Waals surface area contributed by atoms with E-state index in [1.807, 2.05) is 0 Å². The smallest absolute Gasteiger partial charge is 0.256 e. The minimum Gasteiger partial charge on any atom is -0.272 e. The molecule has 0 atom stereocenters. The second-order valence-electron chi connectivity index (χ2n) is 2.12. The van der Waals surface area contributed by atoms with Gasteiger partial charge in [0.1, 0.15) is 5.88 Å². The van der Waals surface area contributed by atoms with Crippen LogP contribution in [-0.2, 0) is 4.79 Å². The lowest BCUT2D eigenvalue weighted by Gasteiger charge is -1.96. The van der Waals surface area contributed by atoms with E-state index in [9.17, 15) is 4.79 Å². The third-order valence-electron chi connectivity index (χ3n) is 1.16. The fourth-order valence-electron chi connectivity index (χ4n) is 0.608. The summed E-state index contributed by atoms with van der Waals surface area (Å²) in [7, 11) is 0. The van der Waals surface area contributed by atoms with Gasteiger partial charge < -0.3 is 0 Å². The number of hydrogen-bond donors (Lipinski definition) is 0. The molecule has 0 fully saturated rings. The number of hydrogen-bond acceptors (Lipinski definition) is 1. The molecule has 0 rings (SSSR count). The van der Waals surface area contributed by atoms with E-state index in [0.717, 1.165) is 19.3 Å². The Balaban J connectivity index is 2.96. The maximum Gasteiger partial charge on any atom is 0.256 e. The van der Waals surface area contributed by atoms with Gasteiger partial charge in [0.2, 0.25) is 0 Å². The molecule has 10 heavy (non-hydrogen) atoms. The summed E-state index contributed by atoms with van der Waals surface area (Å²) in [6, 6.07) is 0. The Kier molecular flexibility index (Phi) is 6.71. The van der Waals surface area contributed by atoms with E-state index < -0.39 is 0 Å². The topological polar surface area (TPSA) is 31.2 Å². The Labute approximate surface area is 66.9 Å². The highest BCUT2D eigenvalue weighted by atomic mass is 35.5. The van der Waals surface area contributed by atoms with E-state index in [-0.39, 0.29) is 11.8 Å². The lowest BCUT2D eigenvalue weighted by molar-refractivity contribution is -0.118. The van der Waals surface area contributed by atoms with Gasteiger partial charge in [0.05, 0.1) is 0 Å². The van der Waals surface area contributed by atoms with Gasteiger partial charge in [0.25, 0.3) is 5.91 Å². The molecule has 1 amide bonds. The standard InChI is InChI=1S/C7H13ClNO/c1-2-3-4-5-9-7(10)6-8/h2-6H2,1H3. The first-order chi connectivity index (χ1) is 4.81. The number of rotatable bonds is 5. The predicted octanol–water partition coefficient (Wildman–Crippen LogP) is 1.55. The molecule has 0 bridgehead atoms. The summed E-state index contributed by atoms with van der Waals surface area (Å²) in [5, 5.41) is 3.71. The van der Waals surface area contributed by atoms with Crippen molar-refractivity contribution >= 4 is 17.5 Å². The fraction of sp³-hybridized carbons (Fsp3) is 0.857. The number of amides is 1. The summed E-state index contributed by atoms with van der Waals surface area (Å²) in [5.74, 6) is -0.177. The van der Waals surface area contributed by atoms with E-state index >= 15 is 0 Å². The van der Waals surface area contributed by atoms with E-state index in [4.69, 9.17) is 11.6 Å². The molecule has 0 unspecified atom stereocenters. The van der Waals surface area contributed by atoms with Gasteiger partial charge in [-0.2, -0.15) is 0 Å². The van der Waals surface area contributed by atoms with Gasteiger partial charge in [0, 0.05) is 6.54 Å². The molecule has 0 aliphatic heterocycles. The van der Waals surface area contributed by atoms with Crippen LogP contribution < -0.4 is 5.32 Å². The Morgan fingerprint density at radius 2 is 2.20 bits per heavy atom. The summed E-state index contributed by atoms with van der Waals surface area (Å²) in [6.07, 6.45) is 3.29. The fourth-order valence-corrected chi connectivity index (χ4v) is 0.692. The van der Waals surface area contributed by atoms with Crippen LogP contribution in [0.4, 0.5) is 0 Å². The lowest BCUT2D eigenvalue weighted by Crippen LogP contribution is -2.17. The third-order valence-corrected chi connectivity index (χ3v) is 1.39. The molecule has 0 saturated carbocycles. The van der Waals surface area contributed by atoms with Crippen molar-refractivity contribution in [3.8, 4) is 0 Å². The highest BCUT2D eigenvalue weighted by Gasteiger charge is 1.97. The zero-order valence-electron chi connectivity index (χ0n) is 6.27. The van der Waals surface area contributed by atoms with Crippen molar-refractivity contribution in [2.45, 2.75) is 26.2 Å². The monoisotopic (exact) mass is 162 g/mol. The number of alkyl halides is 1. The molecular formula is C7H13ClNO. The first-order valence-corrected chi connectivity index (χ1v) is 4.11. The molecule has 0 aromatic heterocycles. The van der Waals surface area contributed by atoms with Crippen LogP contribution in [0.25, 0.3) is 0 Å². The average Bonchev–Trinajstić information content (AvgIpc) is 1.98. The van der Waals surface area contributed by atoms with Gasteiger partial charge in [-0.1, -0.05) is 19.8 Å². The largest absolute Gasteiger partial charge is 0.272 e. The van der Waals surface area contributed by atoms with Crippen molar-refractivity contribution in [3.05, 3.63) is 0 Å². The maximum atomic E-state index is 10.5. The highest BCUT2D eigenvalue weighted by molar-refractivity contribution is 6.27. The molecule has 1 radical (unpaired) electrons. The summed E-state index contributed by atoms with van der Waals surface area (Å²) in [6.45, 7) is 2.75. The van der Waals surface area contributed by atoms with Crippen LogP contribution in [0.5, 0.6) is 0 Å². The molecule has 0 heterocycles. The lowest BCUT2D eigenvalue weighted by atomic mass is 10.2. The number of unbranched alkanes of at least 4 members (excludes halogenated alkanes) is 2. The second kappa shape index (κ2) is 6.87. The van der Waals surface area contributed by atoms with Crippen molar-refractivity contribution in [1.29, 1.82) is 0 Å². The van der Waals surface area contributed by atoms with Crippen LogP contribution in [0, 0.1) is 0 Å². The summed E-state index contributed by atoms with van der Waals surface area (Å²) in [4.78, 5) is 10.5. The van der Waals surface area contributed by atoms with Crippen LogP contribution in [0.1, 0.15) is 26.2 Å². The zero-order valence-corrected chi connectivity index (χ0v) is 7.02. The van der Waals surface area contributed by atoms with Crippen molar-refractivity contribution in [2.75, 3.05) is 12.4 Å². The highest BCUT2D eigenvalue weighted by Crippen LogP contribution is 1.91. The summed E-state index contributed by atoms with van der Waals surface area (Å²) >= 11 is 5.22. The molecule has 0 aromatic rings. The van der Waals surface area contributed by atoms with Crippen molar-refractivity contribution in [2.24, 2.45) is 0 Å². The molecule has 0 aliphatic rings. The number of carbonyl (C=O) groups excluding carboxylic acids is 1. The maximum absolute atomic E-state index is 10.5. The number of carbonyl (C=O) groups is 1. The van der Waals surface area contributed by atoms with Gasteiger partial charge in [-0.15, -0.1) is 11.6 Å². The first-order valence-electron chi connectivity index (χ1n) is 3.57.